The number of cyclic esters (lactones) is 1. The summed E-state index contributed by atoms with van der Waals surface area (Å²) in [7, 11) is 0. The van der Waals surface area contributed by atoms with Crippen molar-refractivity contribution in [3.8, 4) is 0 Å². The van der Waals surface area contributed by atoms with Gasteiger partial charge in [0.25, 0.3) is 0 Å². The van der Waals surface area contributed by atoms with Crippen molar-refractivity contribution in [2.24, 2.45) is 0 Å². The lowest BCUT2D eigenvalue weighted by Gasteiger charge is -2.17. The van der Waals surface area contributed by atoms with Crippen molar-refractivity contribution < 1.29 is 42.5 Å². The third-order valence-electron chi connectivity index (χ3n) is 2.37. The SMILES string of the molecule is CCOC(=O)O/C=C1/OC(=O)[C@](C)(F)[C@@H]1OC(=O)OCC. The van der Waals surface area contributed by atoms with Gasteiger partial charge in [-0.3, -0.25) is 0 Å². The van der Waals surface area contributed by atoms with Crippen LogP contribution in [0.15, 0.2) is 12.0 Å². The lowest BCUT2D eigenvalue weighted by Crippen LogP contribution is -2.39. The zero-order chi connectivity index (χ0) is 16.0. The van der Waals surface area contributed by atoms with Gasteiger partial charge in [-0.2, -0.15) is 0 Å². The fourth-order valence-electron chi connectivity index (χ4n) is 1.40. The topological polar surface area (TPSA) is 97.4 Å². The summed E-state index contributed by atoms with van der Waals surface area (Å²) in [5.41, 5.74) is -2.63. The Bertz CT molecular complexity index is 456. The molecule has 0 aromatic carbocycles. The summed E-state index contributed by atoms with van der Waals surface area (Å²) < 4.78 is 36.8. The minimum Gasteiger partial charge on any atom is -0.435 e. The number of halogens is 1. The smallest absolute Gasteiger partial charge is 0.435 e. The minimum atomic E-state index is -2.63. The van der Waals surface area contributed by atoms with E-state index in [2.05, 4.69) is 23.7 Å². The third kappa shape index (κ3) is 4.07. The number of esters is 1. The predicted octanol–water partition coefficient (Wildman–Crippen LogP) is 1.83. The van der Waals surface area contributed by atoms with Crippen LogP contribution in [0.25, 0.3) is 0 Å². The normalized spacial score (nSPS) is 26.2. The molecular weight excluding hydrogens is 291 g/mol. The molecule has 0 aromatic heterocycles. The average molecular weight is 306 g/mol. The van der Waals surface area contributed by atoms with Crippen LogP contribution in [0, 0.1) is 0 Å². The van der Waals surface area contributed by atoms with Crippen LogP contribution in [0.3, 0.4) is 0 Å². The van der Waals surface area contributed by atoms with Crippen molar-refractivity contribution in [2.45, 2.75) is 32.5 Å². The largest absolute Gasteiger partial charge is 0.513 e. The Kier molecular flexibility index (Phi) is 5.51. The van der Waals surface area contributed by atoms with Gasteiger partial charge in [-0.05, 0) is 20.8 Å². The van der Waals surface area contributed by atoms with Crippen LogP contribution in [0.4, 0.5) is 14.0 Å². The number of hydrogen-bond acceptors (Lipinski definition) is 8. The Morgan fingerprint density at radius 2 is 1.86 bits per heavy atom. The van der Waals surface area contributed by atoms with Gasteiger partial charge in [0, 0.05) is 0 Å². The standard InChI is InChI=1S/C12H15FO8/c1-4-17-10(15)19-6-7-8(21-11(16)18-5-2)12(3,13)9(14)20-7/h6,8H,4-5H2,1-3H3/b7-6+/t8-,12-/m1/s1. The molecule has 0 unspecified atom stereocenters. The van der Waals surface area contributed by atoms with Crippen LogP contribution >= 0.6 is 0 Å². The Morgan fingerprint density at radius 3 is 2.43 bits per heavy atom. The van der Waals surface area contributed by atoms with Gasteiger partial charge >= 0.3 is 18.3 Å². The summed E-state index contributed by atoms with van der Waals surface area (Å²) in [6, 6.07) is 0. The molecule has 0 N–H and O–H groups in total. The van der Waals surface area contributed by atoms with Gasteiger partial charge in [0.05, 0.1) is 13.2 Å². The molecule has 0 bridgehead atoms. The number of ether oxygens (including phenoxy) is 5. The van der Waals surface area contributed by atoms with E-state index in [4.69, 9.17) is 0 Å². The fourth-order valence-corrected chi connectivity index (χ4v) is 1.40. The second-order valence-electron chi connectivity index (χ2n) is 3.97. The van der Waals surface area contributed by atoms with E-state index in [0.717, 1.165) is 6.92 Å². The lowest BCUT2D eigenvalue weighted by atomic mass is 10.0. The number of carbonyl (C=O) groups is 3. The molecule has 1 heterocycles. The van der Waals surface area contributed by atoms with Crippen molar-refractivity contribution in [2.75, 3.05) is 13.2 Å². The van der Waals surface area contributed by atoms with Crippen molar-refractivity contribution in [3.05, 3.63) is 12.0 Å². The quantitative estimate of drug-likeness (QED) is 0.441. The first-order chi connectivity index (χ1) is 9.82. The Balaban J connectivity index is 2.85. The van der Waals surface area contributed by atoms with Crippen molar-refractivity contribution >= 4 is 18.3 Å². The summed E-state index contributed by atoms with van der Waals surface area (Å²) in [6.07, 6.45) is -3.35. The number of carbonyl (C=O) groups excluding carboxylic acids is 3. The highest BCUT2D eigenvalue weighted by Gasteiger charge is 2.56. The van der Waals surface area contributed by atoms with Crippen molar-refractivity contribution in [1.82, 2.24) is 0 Å². The van der Waals surface area contributed by atoms with Crippen LogP contribution < -0.4 is 0 Å². The summed E-state index contributed by atoms with van der Waals surface area (Å²) in [5.74, 6) is -1.76. The maximum atomic E-state index is 14.2. The van der Waals surface area contributed by atoms with Crippen LogP contribution in [0.5, 0.6) is 0 Å². The van der Waals surface area contributed by atoms with E-state index in [-0.39, 0.29) is 13.2 Å². The zero-order valence-corrected chi connectivity index (χ0v) is 11.7. The van der Waals surface area contributed by atoms with E-state index < -0.39 is 35.8 Å². The highest BCUT2D eigenvalue weighted by Crippen LogP contribution is 2.35. The summed E-state index contributed by atoms with van der Waals surface area (Å²) in [4.78, 5) is 33.6. The molecule has 1 fully saturated rings. The minimum absolute atomic E-state index is 0.00172. The van der Waals surface area contributed by atoms with Crippen molar-refractivity contribution in [3.63, 3.8) is 0 Å². The monoisotopic (exact) mass is 306 g/mol. The average Bonchev–Trinajstić information content (AvgIpc) is 2.60. The van der Waals surface area contributed by atoms with Crippen LogP contribution in [0.2, 0.25) is 0 Å². The fraction of sp³-hybridized carbons (Fsp3) is 0.583. The molecular formula is C12H15FO8. The predicted molar refractivity (Wildman–Crippen MR) is 63.7 cm³/mol. The van der Waals surface area contributed by atoms with Crippen LogP contribution in [-0.4, -0.2) is 43.3 Å². The molecule has 0 spiro atoms. The van der Waals surface area contributed by atoms with Gasteiger partial charge in [0.15, 0.2) is 5.76 Å². The molecule has 118 valence electrons. The van der Waals surface area contributed by atoms with Gasteiger partial charge in [-0.1, -0.05) is 0 Å². The molecule has 1 aliphatic heterocycles. The van der Waals surface area contributed by atoms with E-state index in [9.17, 15) is 18.8 Å². The number of alkyl halides is 1. The molecule has 0 aliphatic carbocycles. The molecule has 1 rings (SSSR count). The summed E-state index contributed by atoms with van der Waals surface area (Å²) in [6.45, 7) is 4.00. The molecule has 9 heteroatoms. The molecule has 0 saturated carbocycles. The lowest BCUT2D eigenvalue weighted by molar-refractivity contribution is -0.146. The Morgan fingerprint density at radius 1 is 1.29 bits per heavy atom. The first kappa shape index (κ1) is 16.7. The van der Waals surface area contributed by atoms with E-state index in [1.54, 1.807) is 6.92 Å². The maximum Gasteiger partial charge on any atom is 0.513 e. The maximum absolute atomic E-state index is 14.2. The molecule has 0 amide bonds. The van der Waals surface area contributed by atoms with E-state index in [1.165, 1.54) is 6.92 Å². The van der Waals surface area contributed by atoms with Gasteiger partial charge in [-0.15, -0.1) is 0 Å². The van der Waals surface area contributed by atoms with Gasteiger partial charge in [-0.25, -0.2) is 18.8 Å². The second-order valence-corrected chi connectivity index (χ2v) is 3.97. The zero-order valence-electron chi connectivity index (χ0n) is 11.7. The van der Waals surface area contributed by atoms with E-state index in [1.807, 2.05) is 0 Å². The van der Waals surface area contributed by atoms with Crippen LogP contribution in [0.1, 0.15) is 20.8 Å². The van der Waals surface area contributed by atoms with E-state index in [0.29, 0.717) is 6.26 Å². The summed E-state index contributed by atoms with van der Waals surface area (Å²) in [5, 5.41) is 0. The second kappa shape index (κ2) is 6.91. The van der Waals surface area contributed by atoms with Gasteiger partial charge in [0.2, 0.25) is 11.8 Å². The van der Waals surface area contributed by atoms with Crippen LogP contribution in [-0.2, 0) is 28.5 Å². The number of hydrogen-bond donors (Lipinski definition) is 0. The van der Waals surface area contributed by atoms with E-state index >= 15 is 0 Å². The first-order valence-corrected chi connectivity index (χ1v) is 6.11. The van der Waals surface area contributed by atoms with Gasteiger partial charge < -0.3 is 23.7 Å². The van der Waals surface area contributed by atoms with Gasteiger partial charge in [0.1, 0.15) is 6.26 Å². The molecule has 0 aromatic rings. The molecule has 1 aliphatic rings. The Hall–Kier alpha value is -2.32. The third-order valence-corrected chi connectivity index (χ3v) is 2.37. The molecule has 8 nitrogen and oxygen atoms in total. The summed E-state index contributed by atoms with van der Waals surface area (Å²) >= 11 is 0. The molecule has 1 saturated heterocycles. The first-order valence-electron chi connectivity index (χ1n) is 6.11. The number of rotatable bonds is 4. The molecule has 0 radical (unpaired) electrons. The highest BCUT2D eigenvalue weighted by atomic mass is 19.1. The van der Waals surface area contributed by atoms with Crippen molar-refractivity contribution in [1.29, 1.82) is 0 Å². The Labute approximate surface area is 119 Å². The highest BCUT2D eigenvalue weighted by molar-refractivity contribution is 5.85. The molecule has 21 heavy (non-hydrogen) atoms. The molecule has 2 atom stereocenters.